The summed E-state index contributed by atoms with van der Waals surface area (Å²) in [5.41, 5.74) is 0.892. The van der Waals surface area contributed by atoms with Gasteiger partial charge in [-0.05, 0) is 48.7 Å². The number of β-amino-alcohol motifs (C(OH)–C–C–N with tert-alkyl or cyclic N) is 1. The van der Waals surface area contributed by atoms with Crippen molar-refractivity contribution in [1.29, 1.82) is 0 Å². The summed E-state index contributed by atoms with van der Waals surface area (Å²) in [4.78, 5) is 2.22. The van der Waals surface area contributed by atoms with Gasteiger partial charge in [0.2, 0.25) is 0 Å². The van der Waals surface area contributed by atoms with Gasteiger partial charge in [0, 0.05) is 38.0 Å². The first kappa shape index (κ1) is 20.5. The fraction of sp³-hybridized carbons (Fsp3) is 0.500. The predicted molar refractivity (Wildman–Crippen MR) is 112 cm³/mol. The summed E-state index contributed by atoms with van der Waals surface area (Å²) < 4.78 is 31.2. The van der Waals surface area contributed by atoms with E-state index >= 15 is 0 Å². The number of rotatable bonds is 3. The van der Waals surface area contributed by atoms with Crippen LogP contribution in [0.1, 0.15) is 49.0 Å². The molecule has 0 radical (unpaired) electrons. The Hall–Kier alpha value is -2.35. The molecule has 2 aromatic rings. The molecule has 3 aliphatic rings. The number of benzene rings is 2. The predicted octanol–water partition coefficient (Wildman–Crippen LogP) is 3.37. The number of halogens is 1. The molecule has 166 valence electrons. The van der Waals surface area contributed by atoms with Crippen LogP contribution < -0.4 is 14.2 Å². The van der Waals surface area contributed by atoms with Gasteiger partial charge in [0.15, 0.2) is 11.5 Å². The second-order valence-corrected chi connectivity index (χ2v) is 8.76. The van der Waals surface area contributed by atoms with E-state index in [0.29, 0.717) is 43.2 Å². The first-order chi connectivity index (χ1) is 15.0. The van der Waals surface area contributed by atoms with Gasteiger partial charge in [0.05, 0.1) is 25.4 Å². The SMILES string of the molecule is O[C@H](CN1CCC2(CC1)C[C@@H](O)c1cc(F)ccc1O2)c1ccc2c(c1)OCCCO2. The molecule has 2 atom stereocenters. The molecule has 0 bridgehead atoms. The molecule has 0 saturated carbocycles. The molecule has 3 aliphatic heterocycles. The number of hydrogen-bond donors (Lipinski definition) is 2. The molecule has 1 saturated heterocycles. The van der Waals surface area contributed by atoms with Crippen LogP contribution in [-0.2, 0) is 0 Å². The normalized spacial score (nSPS) is 23.5. The van der Waals surface area contributed by atoms with E-state index in [-0.39, 0.29) is 5.82 Å². The van der Waals surface area contributed by atoms with E-state index in [1.807, 2.05) is 18.2 Å². The minimum atomic E-state index is -0.724. The third-order valence-corrected chi connectivity index (χ3v) is 6.58. The number of hydrogen-bond acceptors (Lipinski definition) is 6. The third-order valence-electron chi connectivity index (χ3n) is 6.58. The maximum absolute atomic E-state index is 13.5. The zero-order chi connectivity index (χ0) is 21.4. The average molecular weight is 429 g/mol. The van der Waals surface area contributed by atoms with Gasteiger partial charge in [0.25, 0.3) is 0 Å². The molecule has 0 unspecified atom stereocenters. The Morgan fingerprint density at radius 3 is 2.58 bits per heavy atom. The Kier molecular flexibility index (Phi) is 5.50. The Labute approximate surface area is 181 Å². The summed E-state index contributed by atoms with van der Waals surface area (Å²) in [5.74, 6) is 1.62. The third kappa shape index (κ3) is 4.22. The molecule has 7 heteroatoms. The highest BCUT2D eigenvalue weighted by Gasteiger charge is 2.43. The fourth-order valence-electron chi connectivity index (χ4n) is 4.80. The minimum Gasteiger partial charge on any atom is -0.490 e. The highest BCUT2D eigenvalue weighted by atomic mass is 19.1. The highest BCUT2D eigenvalue weighted by Crippen LogP contribution is 2.44. The van der Waals surface area contributed by atoms with Gasteiger partial charge < -0.3 is 29.3 Å². The molecule has 1 fully saturated rings. The van der Waals surface area contributed by atoms with Gasteiger partial charge in [0.1, 0.15) is 17.2 Å². The number of fused-ring (bicyclic) bond motifs is 2. The lowest BCUT2D eigenvalue weighted by atomic mass is 9.81. The molecule has 3 heterocycles. The minimum absolute atomic E-state index is 0.365. The van der Waals surface area contributed by atoms with Crippen molar-refractivity contribution in [2.75, 3.05) is 32.8 Å². The topological polar surface area (TPSA) is 71.4 Å². The number of aliphatic hydroxyl groups is 2. The zero-order valence-electron chi connectivity index (χ0n) is 17.4. The average Bonchev–Trinajstić information content (AvgIpc) is 3.01. The lowest BCUT2D eigenvalue weighted by Gasteiger charge is -2.46. The molecule has 2 N–H and O–H groups in total. The Morgan fingerprint density at radius 1 is 1.03 bits per heavy atom. The summed E-state index contributed by atoms with van der Waals surface area (Å²) >= 11 is 0. The van der Waals surface area contributed by atoms with Crippen molar-refractivity contribution in [3.8, 4) is 17.2 Å². The van der Waals surface area contributed by atoms with E-state index in [1.165, 1.54) is 12.1 Å². The summed E-state index contributed by atoms with van der Waals surface area (Å²) in [6, 6.07) is 9.95. The van der Waals surface area contributed by atoms with Crippen LogP contribution in [0.25, 0.3) is 0 Å². The summed E-state index contributed by atoms with van der Waals surface area (Å²) in [5, 5.41) is 21.4. The second kappa shape index (κ2) is 8.30. The molecule has 1 spiro atoms. The van der Waals surface area contributed by atoms with E-state index in [0.717, 1.165) is 43.7 Å². The molecule has 0 aromatic heterocycles. The molecular weight excluding hydrogens is 401 g/mol. The van der Waals surface area contributed by atoms with Gasteiger partial charge >= 0.3 is 0 Å². The zero-order valence-corrected chi connectivity index (χ0v) is 17.4. The molecule has 31 heavy (non-hydrogen) atoms. The van der Waals surface area contributed by atoms with Crippen molar-refractivity contribution < 1.29 is 28.8 Å². The van der Waals surface area contributed by atoms with Crippen molar-refractivity contribution >= 4 is 0 Å². The van der Waals surface area contributed by atoms with Gasteiger partial charge in [-0.25, -0.2) is 4.39 Å². The van der Waals surface area contributed by atoms with Crippen molar-refractivity contribution in [2.45, 2.75) is 43.5 Å². The first-order valence-electron chi connectivity index (χ1n) is 11.0. The van der Waals surface area contributed by atoms with Crippen LogP contribution in [0.15, 0.2) is 36.4 Å². The Bertz CT molecular complexity index is 944. The maximum atomic E-state index is 13.5. The Morgan fingerprint density at radius 2 is 1.77 bits per heavy atom. The fourth-order valence-corrected chi connectivity index (χ4v) is 4.80. The summed E-state index contributed by atoms with van der Waals surface area (Å²) in [6.07, 6.45) is 1.44. The monoisotopic (exact) mass is 429 g/mol. The molecule has 5 rings (SSSR count). The number of nitrogens with zero attached hydrogens (tertiary/aromatic N) is 1. The smallest absolute Gasteiger partial charge is 0.161 e. The quantitative estimate of drug-likeness (QED) is 0.780. The molecule has 6 nitrogen and oxygen atoms in total. The van der Waals surface area contributed by atoms with Crippen molar-refractivity contribution in [1.82, 2.24) is 4.90 Å². The number of aliphatic hydroxyl groups excluding tert-OH is 2. The van der Waals surface area contributed by atoms with Gasteiger partial charge in [-0.2, -0.15) is 0 Å². The van der Waals surface area contributed by atoms with E-state index in [9.17, 15) is 14.6 Å². The maximum Gasteiger partial charge on any atom is 0.161 e. The second-order valence-electron chi connectivity index (χ2n) is 8.76. The van der Waals surface area contributed by atoms with Crippen molar-refractivity contribution in [3.05, 3.63) is 53.3 Å². The number of likely N-dealkylation sites (tertiary alicyclic amines) is 1. The lowest BCUT2D eigenvalue weighted by molar-refractivity contribution is -0.0589. The van der Waals surface area contributed by atoms with E-state index in [1.54, 1.807) is 6.07 Å². The van der Waals surface area contributed by atoms with Crippen LogP contribution in [0.5, 0.6) is 17.2 Å². The van der Waals surface area contributed by atoms with Crippen LogP contribution in [0, 0.1) is 5.82 Å². The standard InChI is InChI=1S/C24H28FNO5/c25-17-3-5-21-18(13-17)19(27)14-24(31-21)6-8-26(9-7-24)15-20(28)16-2-4-22-23(12-16)30-11-1-10-29-22/h2-5,12-13,19-20,27-28H,1,6-11,14-15H2/t19-,20-/m1/s1. The van der Waals surface area contributed by atoms with Crippen LogP contribution in [0.2, 0.25) is 0 Å². The van der Waals surface area contributed by atoms with Crippen molar-refractivity contribution in [2.24, 2.45) is 0 Å². The first-order valence-corrected chi connectivity index (χ1v) is 11.0. The van der Waals surface area contributed by atoms with Crippen LogP contribution >= 0.6 is 0 Å². The summed E-state index contributed by atoms with van der Waals surface area (Å²) in [7, 11) is 0. The number of piperidine rings is 1. The van der Waals surface area contributed by atoms with Crippen LogP contribution in [-0.4, -0.2) is 53.6 Å². The van der Waals surface area contributed by atoms with Gasteiger partial charge in [-0.3, -0.25) is 0 Å². The van der Waals surface area contributed by atoms with Crippen LogP contribution in [0.3, 0.4) is 0 Å². The summed E-state index contributed by atoms with van der Waals surface area (Å²) in [6.45, 7) is 3.28. The van der Waals surface area contributed by atoms with Gasteiger partial charge in [-0.15, -0.1) is 0 Å². The highest BCUT2D eigenvalue weighted by molar-refractivity contribution is 5.44. The van der Waals surface area contributed by atoms with Gasteiger partial charge in [-0.1, -0.05) is 6.07 Å². The molecular formula is C24H28FNO5. The van der Waals surface area contributed by atoms with E-state index in [4.69, 9.17) is 14.2 Å². The number of ether oxygens (including phenoxy) is 3. The molecule has 0 aliphatic carbocycles. The van der Waals surface area contributed by atoms with Crippen molar-refractivity contribution in [3.63, 3.8) is 0 Å². The van der Waals surface area contributed by atoms with E-state index in [2.05, 4.69) is 4.90 Å². The van der Waals surface area contributed by atoms with Crippen LogP contribution in [0.4, 0.5) is 4.39 Å². The lowest BCUT2D eigenvalue weighted by Crippen LogP contribution is -2.51. The Balaban J connectivity index is 1.21. The molecule has 2 aromatic carbocycles. The largest absolute Gasteiger partial charge is 0.490 e. The molecule has 0 amide bonds. The van der Waals surface area contributed by atoms with E-state index < -0.39 is 17.8 Å².